The zero-order valence-electron chi connectivity index (χ0n) is 12.8. The van der Waals surface area contributed by atoms with Crippen LogP contribution >= 0.6 is 0 Å². The maximum Gasteiger partial charge on any atom is 0.356 e. The van der Waals surface area contributed by atoms with E-state index in [4.69, 9.17) is 4.74 Å². The van der Waals surface area contributed by atoms with Crippen molar-refractivity contribution in [1.29, 1.82) is 0 Å². The van der Waals surface area contributed by atoms with Crippen LogP contribution in [0.2, 0.25) is 0 Å². The minimum atomic E-state index is -0.612. The minimum Gasteiger partial charge on any atom is -0.456 e. The molecule has 0 aliphatic heterocycles. The molecular weight excluding hydrogens is 329 g/mol. The van der Waals surface area contributed by atoms with Crippen molar-refractivity contribution in [3.05, 3.63) is 81.8 Å². The lowest BCUT2D eigenvalue weighted by Gasteiger charge is -2.03. The maximum absolute atomic E-state index is 12.9. The Morgan fingerprint density at radius 3 is 2.48 bits per heavy atom. The molecule has 8 heteroatoms. The summed E-state index contributed by atoms with van der Waals surface area (Å²) in [5, 5.41) is 17.2. The Kier molecular flexibility index (Phi) is 4.51. The summed E-state index contributed by atoms with van der Waals surface area (Å²) >= 11 is 0. The molecule has 0 aliphatic carbocycles. The molecule has 1 heterocycles. The van der Waals surface area contributed by atoms with Crippen molar-refractivity contribution >= 4 is 11.7 Å². The molecule has 126 valence electrons. The number of aromatic amines is 1. The van der Waals surface area contributed by atoms with Gasteiger partial charge in [0.25, 0.3) is 5.69 Å². The first-order valence-corrected chi connectivity index (χ1v) is 7.25. The molecule has 0 atom stereocenters. The number of nitrogens with zero attached hydrogens (tertiary/aromatic N) is 2. The number of esters is 1. The Morgan fingerprint density at radius 2 is 1.84 bits per heavy atom. The number of nitrogens with one attached hydrogen (secondary N) is 1. The lowest BCUT2D eigenvalue weighted by atomic mass is 10.1. The van der Waals surface area contributed by atoms with E-state index in [0.29, 0.717) is 16.8 Å². The van der Waals surface area contributed by atoms with Gasteiger partial charge in [0.2, 0.25) is 0 Å². The predicted molar refractivity (Wildman–Crippen MR) is 86.2 cm³/mol. The van der Waals surface area contributed by atoms with Gasteiger partial charge in [-0.1, -0.05) is 0 Å². The fourth-order valence-corrected chi connectivity index (χ4v) is 2.14. The lowest BCUT2D eigenvalue weighted by molar-refractivity contribution is -0.384. The van der Waals surface area contributed by atoms with E-state index in [-0.39, 0.29) is 23.8 Å². The van der Waals surface area contributed by atoms with Crippen LogP contribution in [-0.2, 0) is 11.3 Å². The Balaban J connectivity index is 1.63. The molecule has 0 bridgehead atoms. The van der Waals surface area contributed by atoms with E-state index >= 15 is 0 Å². The molecule has 0 unspecified atom stereocenters. The summed E-state index contributed by atoms with van der Waals surface area (Å²) in [7, 11) is 0. The quantitative estimate of drug-likeness (QED) is 0.435. The maximum atomic E-state index is 12.9. The molecule has 0 aliphatic rings. The van der Waals surface area contributed by atoms with Crippen molar-refractivity contribution in [2.24, 2.45) is 0 Å². The standard InChI is InChI=1S/C17H12FN3O4/c18-13-5-3-12(4-6-13)15-9-16(20-19-15)17(22)25-10-11-1-7-14(8-2-11)21(23)24/h1-9H,10H2,(H,19,20). The van der Waals surface area contributed by atoms with Crippen LogP contribution in [0.1, 0.15) is 16.1 Å². The second kappa shape index (κ2) is 6.91. The fourth-order valence-electron chi connectivity index (χ4n) is 2.14. The summed E-state index contributed by atoms with van der Waals surface area (Å²) in [4.78, 5) is 22.1. The molecule has 25 heavy (non-hydrogen) atoms. The van der Waals surface area contributed by atoms with Crippen LogP contribution < -0.4 is 0 Å². The van der Waals surface area contributed by atoms with Gasteiger partial charge in [-0.05, 0) is 48.0 Å². The average Bonchev–Trinajstić information content (AvgIpc) is 3.11. The third-order valence-electron chi connectivity index (χ3n) is 3.45. The van der Waals surface area contributed by atoms with Crippen LogP contribution in [0.5, 0.6) is 0 Å². The molecular formula is C17H12FN3O4. The van der Waals surface area contributed by atoms with Crippen molar-refractivity contribution in [3.8, 4) is 11.3 Å². The van der Waals surface area contributed by atoms with Crippen LogP contribution in [0.4, 0.5) is 10.1 Å². The highest BCUT2D eigenvalue weighted by Crippen LogP contribution is 2.19. The first-order valence-electron chi connectivity index (χ1n) is 7.25. The number of nitro groups is 1. The number of rotatable bonds is 5. The van der Waals surface area contributed by atoms with Crippen molar-refractivity contribution in [2.75, 3.05) is 0 Å². The molecule has 1 N–H and O–H groups in total. The normalized spacial score (nSPS) is 10.4. The van der Waals surface area contributed by atoms with E-state index in [1.807, 2.05) is 0 Å². The number of carbonyl (C=O) groups is 1. The summed E-state index contributed by atoms with van der Waals surface area (Å²) in [6.07, 6.45) is 0. The van der Waals surface area contributed by atoms with Gasteiger partial charge in [0.1, 0.15) is 18.1 Å². The second-order valence-electron chi connectivity index (χ2n) is 5.17. The second-order valence-corrected chi connectivity index (χ2v) is 5.17. The highest BCUT2D eigenvalue weighted by Gasteiger charge is 2.13. The van der Waals surface area contributed by atoms with Gasteiger partial charge in [0, 0.05) is 17.7 Å². The summed E-state index contributed by atoms with van der Waals surface area (Å²) in [5.74, 6) is -0.971. The Hall–Kier alpha value is -3.55. The highest BCUT2D eigenvalue weighted by atomic mass is 19.1. The summed E-state index contributed by atoms with van der Waals surface area (Å²) in [5.41, 5.74) is 1.89. The molecule has 3 aromatic rings. The highest BCUT2D eigenvalue weighted by molar-refractivity contribution is 5.88. The molecule has 7 nitrogen and oxygen atoms in total. The molecule has 0 saturated carbocycles. The number of ether oxygens (including phenoxy) is 1. The van der Waals surface area contributed by atoms with E-state index in [1.54, 1.807) is 12.1 Å². The number of hydrogen-bond acceptors (Lipinski definition) is 5. The first-order chi connectivity index (χ1) is 12.0. The van der Waals surface area contributed by atoms with Crippen LogP contribution in [0.25, 0.3) is 11.3 Å². The summed E-state index contributed by atoms with van der Waals surface area (Å²) in [6, 6.07) is 12.9. The third kappa shape index (κ3) is 3.86. The van der Waals surface area contributed by atoms with Gasteiger partial charge in [-0.3, -0.25) is 15.2 Å². The summed E-state index contributed by atoms with van der Waals surface area (Å²) < 4.78 is 18.1. The summed E-state index contributed by atoms with van der Waals surface area (Å²) in [6.45, 7) is -0.0261. The molecule has 0 amide bonds. The monoisotopic (exact) mass is 341 g/mol. The van der Waals surface area contributed by atoms with Gasteiger partial charge < -0.3 is 4.74 Å². The van der Waals surface area contributed by atoms with Crippen LogP contribution in [-0.4, -0.2) is 21.1 Å². The zero-order valence-corrected chi connectivity index (χ0v) is 12.8. The Labute approximate surface area is 141 Å². The Morgan fingerprint density at radius 1 is 1.16 bits per heavy atom. The number of carbonyl (C=O) groups excluding carboxylic acids is 1. The van der Waals surface area contributed by atoms with E-state index in [2.05, 4.69) is 10.2 Å². The van der Waals surface area contributed by atoms with E-state index in [1.165, 1.54) is 42.5 Å². The fraction of sp³-hybridized carbons (Fsp3) is 0.0588. The number of nitro benzene ring substituents is 1. The van der Waals surface area contributed by atoms with Gasteiger partial charge in [0.05, 0.1) is 10.6 Å². The van der Waals surface area contributed by atoms with Gasteiger partial charge in [0.15, 0.2) is 0 Å². The number of hydrogen-bond donors (Lipinski definition) is 1. The number of halogens is 1. The predicted octanol–water partition coefficient (Wildman–Crippen LogP) is 3.48. The smallest absolute Gasteiger partial charge is 0.356 e. The van der Waals surface area contributed by atoms with Crippen LogP contribution in [0.3, 0.4) is 0 Å². The number of benzene rings is 2. The lowest BCUT2D eigenvalue weighted by Crippen LogP contribution is -2.05. The van der Waals surface area contributed by atoms with Crippen molar-refractivity contribution in [3.63, 3.8) is 0 Å². The number of H-pyrrole nitrogens is 1. The van der Waals surface area contributed by atoms with E-state index in [9.17, 15) is 19.3 Å². The Bertz CT molecular complexity index is 904. The molecule has 0 saturated heterocycles. The molecule has 0 spiro atoms. The SMILES string of the molecule is O=C(OCc1ccc([N+](=O)[O-])cc1)c1cc(-c2ccc(F)cc2)n[nH]1. The number of non-ortho nitro benzene ring substituents is 1. The largest absolute Gasteiger partial charge is 0.456 e. The average molecular weight is 341 g/mol. The van der Waals surface area contributed by atoms with Gasteiger partial charge in [-0.15, -0.1) is 0 Å². The van der Waals surface area contributed by atoms with Gasteiger partial charge in [-0.2, -0.15) is 5.10 Å². The minimum absolute atomic E-state index is 0.0261. The van der Waals surface area contributed by atoms with Crippen molar-refractivity contribution in [1.82, 2.24) is 10.2 Å². The number of aromatic nitrogens is 2. The first kappa shape index (κ1) is 16.3. The van der Waals surface area contributed by atoms with Crippen LogP contribution in [0, 0.1) is 15.9 Å². The molecule has 1 aromatic heterocycles. The topological polar surface area (TPSA) is 98.1 Å². The van der Waals surface area contributed by atoms with Crippen molar-refractivity contribution < 1.29 is 18.8 Å². The van der Waals surface area contributed by atoms with Gasteiger partial charge in [-0.25, -0.2) is 9.18 Å². The molecule has 0 fully saturated rings. The molecule has 3 rings (SSSR count). The third-order valence-corrected chi connectivity index (χ3v) is 3.45. The molecule has 2 aromatic carbocycles. The van der Waals surface area contributed by atoms with Crippen molar-refractivity contribution in [2.45, 2.75) is 6.61 Å². The zero-order chi connectivity index (χ0) is 17.8. The van der Waals surface area contributed by atoms with Gasteiger partial charge >= 0.3 is 5.97 Å². The van der Waals surface area contributed by atoms with E-state index < -0.39 is 10.9 Å². The molecule has 0 radical (unpaired) electrons. The van der Waals surface area contributed by atoms with Crippen LogP contribution in [0.15, 0.2) is 54.6 Å². The van der Waals surface area contributed by atoms with E-state index in [0.717, 1.165) is 0 Å².